The molecule has 2 N–H and O–H groups in total. The number of nitrogens with zero attached hydrogens (tertiary/aromatic N) is 1. The summed E-state index contributed by atoms with van der Waals surface area (Å²) in [6, 6.07) is 1.78. The van der Waals surface area contributed by atoms with Crippen LogP contribution in [0.2, 0.25) is 0 Å². The van der Waals surface area contributed by atoms with Crippen molar-refractivity contribution < 1.29 is 9.90 Å². The molecule has 1 aromatic rings. The minimum absolute atomic E-state index is 0.0845. The van der Waals surface area contributed by atoms with Gasteiger partial charge in [0.25, 0.3) is 5.91 Å². The van der Waals surface area contributed by atoms with Crippen LogP contribution in [0.1, 0.15) is 30.3 Å². The topological polar surface area (TPSA) is 54.3 Å². The van der Waals surface area contributed by atoms with E-state index in [1.54, 1.807) is 17.6 Å². The van der Waals surface area contributed by atoms with Crippen LogP contribution in [0.5, 0.6) is 0 Å². The monoisotopic (exact) mass is 288 g/mol. The predicted octanol–water partition coefficient (Wildman–Crippen LogP) is 1.68. The fraction of sp³-hybridized carbons (Fsp3) is 0.545. The van der Waals surface area contributed by atoms with Gasteiger partial charge in [-0.1, -0.05) is 0 Å². The molecular formula is C11H17BrN2O2. The van der Waals surface area contributed by atoms with Crippen LogP contribution in [0.4, 0.5) is 0 Å². The Hall–Kier alpha value is -0.810. The highest BCUT2D eigenvalue weighted by molar-refractivity contribution is 9.10. The molecule has 0 spiro atoms. The Bertz CT molecular complexity index is 361. The van der Waals surface area contributed by atoms with E-state index in [9.17, 15) is 4.79 Å². The van der Waals surface area contributed by atoms with E-state index in [-0.39, 0.29) is 12.0 Å². The molecule has 1 aromatic heterocycles. The lowest BCUT2D eigenvalue weighted by Crippen LogP contribution is -2.26. The average Bonchev–Trinajstić information content (AvgIpc) is 2.52. The molecule has 0 aromatic carbocycles. The Morgan fingerprint density at radius 3 is 2.88 bits per heavy atom. The van der Waals surface area contributed by atoms with Gasteiger partial charge < -0.3 is 15.0 Å². The molecule has 0 saturated heterocycles. The summed E-state index contributed by atoms with van der Waals surface area (Å²) < 4.78 is 2.66. The van der Waals surface area contributed by atoms with Crippen molar-refractivity contribution in [2.45, 2.75) is 25.9 Å². The summed E-state index contributed by atoms with van der Waals surface area (Å²) in [6.45, 7) is 2.34. The number of rotatable bonds is 5. The third kappa shape index (κ3) is 3.98. The lowest BCUT2D eigenvalue weighted by molar-refractivity contribution is 0.0941. The van der Waals surface area contributed by atoms with Crippen molar-refractivity contribution in [3.05, 3.63) is 22.4 Å². The van der Waals surface area contributed by atoms with Crippen molar-refractivity contribution in [2.75, 3.05) is 6.54 Å². The van der Waals surface area contributed by atoms with E-state index in [0.29, 0.717) is 18.7 Å². The van der Waals surface area contributed by atoms with Gasteiger partial charge in [-0.05, 0) is 41.8 Å². The third-order valence-corrected chi connectivity index (χ3v) is 2.72. The maximum atomic E-state index is 11.7. The predicted molar refractivity (Wildman–Crippen MR) is 66.4 cm³/mol. The Morgan fingerprint density at radius 2 is 2.38 bits per heavy atom. The molecule has 1 unspecified atom stereocenters. The molecule has 5 heteroatoms. The number of nitrogens with one attached hydrogen (secondary N) is 1. The van der Waals surface area contributed by atoms with Crippen LogP contribution in [0.25, 0.3) is 0 Å². The molecule has 0 bridgehead atoms. The number of aliphatic hydroxyl groups is 1. The van der Waals surface area contributed by atoms with E-state index in [1.165, 1.54) is 0 Å². The molecule has 1 amide bonds. The fourth-order valence-corrected chi connectivity index (χ4v) is 1.96. The average molecular weight is 289 g/mol. The van der Waals surface area contributed by atoms with E-state index in [2.05, 4.69) is 21.2 Å². The van der Waals surface area contributed by atoms with Gasteiger partial charge in [0.2, 0.25) is 0 Å². The molecule has 0 saturated carbocycles. The zero-order chi connectivity index (χ0) is 12.1. The van der Waals surface area contributed by atoms with Crippen molar-refractivity contribution >= 4 is 21.8 Å². The highest BCUT2D eigenvalue weighted by Gasteiger charge is 2.09. The lowest BCUT2D eigenvalue weighted by Gasteiger charge is -2.06. The van der Waals surface area contributed by atoms with Gasteiger partial charge in [0, 0.05) is 24.3 Å². The second kappa shape index (κ2) is 6.06. The largest absolute Gasteiger partial charge is 0.393 e. The Kier molecular flexibility index (Phi) is 5.02. The number of halogens is 1. The summed E-state index contributed by atoms with van der Waals surface area (Å²) in [4.78, 5) is 11.7. The molecule has 0 aliphatic carbocycles. The number of aromatic nitrogens is 1. The van der Waals surface area contributed by atoms with Crippen molar-refractivity contribution in [1.29, 1.82) is 0 Å². The molecule has 1 heterocycles. The number of amides is 1. The minimum atomic E-state index is -0.305. The maximum absolute atomic E-state index is 11.7. The van der Waals surface area contributed by atoms with Crippen molar-refractivity contribution in [1.82, 2.24) is 9.88 Å². The molecule has 1 rings (SSSR count). The van der Waals surface area contributed by atoms with Crippen LogP contribution in [0.15, 0.2) is 16.7 Å². The first-order valence-corrected chi connectivity index (χ1v) is 6.08. The van der Waals surface area contributed by atoms with Crippen LogP contribution < -0.4 is 5.32 Å². The van der Waals surface area contributed by atoms with Crippen molar-refractivity contribution in [3.63, 3.8) is 0 Å². The number of aliphatic hydroxyl groups excluding tert-OH is 1. The lowest BCUT2D eigenvalue weighted by atomic mass is 10.2. The van der Waals surface area contributed by atoms with Gasteiger partial charge in [-0.2, -0.15) is 0 Å². The fourth-order valence-electron chi connectivity index (χ4n) is 1.44. The number of hydrogen-bond donors (Lipinski definition) is 2. The summed E-state index contributed by atoms with van der Waals surface area (Å²) in [5, 5.41) is 11.9. The van der Waals surface area contributed by atoms with Crippen molar-refractivity contribution in [3.8, 4) is 0 Å². The summed E-state index contributed by atoms with van der Waals surface area (Å²) in [5.74, 6) is -0.0845. The van der Waals surface area contributed by atoms with Crippen molar-refractivity contribution in [2.24, 2.45) is 7.05 Å². The zero-order valence-corrected chi connectivity index (χ0v) is 11.1. The summed E-state index contributed by atoms with van der Waals surface area (Å²) in [7, 11) is 1.83. The Morgan fingerprint density at radius 1 is 1.69 bits per heavy atom. The van der Waals surface area contributed by atoms with E-state index < -0.39 is 0 Å². The van der Waals surface area contributed by atoms with E-state index in [0.717, 1.165) is 10.9 Å². The van der Waals surface area contributed by atoms with Crippen LogP contribution in [0.3, 0.4) is 0 Å². The van der Waals surface area contributed by atoms with Crippen LogP contribution in [-0.4, -0.2) is 28.2 Å². The van der Waals surface area contributed by atoms with Gasteiger partial charge >= 0.3 is 0 Å². The molecule has 90 valence electrons. The molecular weight excluding hydrogens is 272 g/mol. The highest BCUT2D eigenvalue weighted by atomic mass is 79.9. The molecule has 0 aliphatic heterocycles. The van der Waals surface area contributed by atoms with E-state index >= 15 is 0 Å². The van der Waals surface area contributed by atoms with E-state index in [1.807, 2.05) is 13.2 Å². The van der Waals surface area contributed by atoms with Gasteiger partial charge in [0.1, 0.15) is 5.69 Å². The smallest absolute Gasteiger partial charge is 0.267 e. The molecule has 0 radical (unpaired) electrons. The molecule has 1 atom stereocenters. The number of carbonyl (C=O) groups excluding carboxylic acids is 1. The number of hydrogen-bond acceptors (Lipinski definition) is 2. The molecule has 4 nitrogen and oxygen atoms in total. The maximum Gasteiger partial charge on any atom is 0.267 e. The summed E-state index contributed by atoms with van der Waals surface area (Å²) in [5.41, 5.74) is 0.629. The van der Waals surface area contributed by atoms with E-state index in [4.69, 9.17) is 5.11 Å². The second-order valence-electron chi connectivity index (χ2n) is 3.90. The number of carbonyl (C=O) groups is 1. The minimum Gasteiger partial charge on any atom is -0.393 e. The van der Waals surface area contributed by atoms with Gasteiger partial charge in [-0.15, -0.1) is 0 Å². The quantitative estimate of drug-likeness (QED) is 0.810. The highest BCUT2D eigenvalue weighted by Crippen LogP contribution is 2.13. The van der Waals surface area contributed by atoms with Crippen LogP contribution in [-0.2, 0) is 7.05 Å². The molecule has 16 heavy (non-hydrogen) atoms. The molecule has 0 aliphatic rings. The van der Waals surface area contributed by atoms with Gasteiger partial charge in [-0.25, -0.2) is 0 Å². The number of aryl methyl sites for hydroxylation is 1. The first-order valence-electron chi connectivity index (χ1n) is 5.29. The van der Waals surface area contributed by atoms with Gasteiger partial charge in [0.15, 0.2) is 0 Å². The second-order valence-corrected chi connectivity index (χ2v) is 4.82. The van der Waals surface area contributed by atoms with Gasteiger partial charge in [0.05, 0.1) is 6.10 Å². The third-order valence-electron chi connectivity index (χ3n) is 2.29. The normalized spacial score (nSPS) is 12.5. The van der Waals surface area contributed by atoms with Crippen LogP contribution >= 0.6 is 15.9 Å². The SMILES string of the molecule is CC(O)CCCNC(=O)c1cc(Br)cn1C. The first kappa shape index (κ1) is 13.3. The first-order chi connectivity index (χ1) is 7.50. The Balaban J connectivity index is 2.38. The molecule has 0 fully saturated rings. The Labute approximate surface area is 104 Å². The zero-order valence-electron chi connectivity index (χ0n) is 9.53. The standard InChI is InChI=1S/C11H17BrN2O2/c1-8(15)4-3-5-13-11(16)10-6-9(12)7-14(10)2/h6-8,15H,3-5H2,1-2H3,(H,13,16). The van der Waals surface area contributed by atoms with Crippen LogP contribution in [0, 0.1) is 0 Å². The summed E-state index contributed by atoms with van der Waals surface area (Å²) >= 11 is 3.32. The summed E-state index contributed by atoms with van der Waals surface area (Å²) in [6.07, 6.45) is 3.03. The van der Waals surface area contributed by atoms with Gasteiger partial charge in [-0.3, -0.25) is 4.79 Å².